The van der Waals surface area contributed by atoms with Crippen molar-refractivity contribution in [1.82, 2.24) is 9.97 Å². The summed E-state index contributed by atoms with van der Waals surface area (Å²) < 4.78 is 0. The number of aryl methyl sites for hydroxylation is 2. The van der Waals surface area contributed by atoms with Crippen LogP contribution in [0.15, 0.2) is 6.20 Å². The summed E-state index contributed by atoms with van der Waals surface area (Å²) in [7, 11) is 0. The van der Waals surface area contributed by atoms with Crippen molar-refractivity contribution in [2.24, 2.45) is 5.41 Å². The Bertz CT molecular complexity index is 358. The van der Waals surface area contributed by atoms with Crippen LogP contribution in [-0.4, -0.2) is 16.0 Å². The van der Waals surface area contributed by atoms with E-state index in [1.165, 1.54) is 6.42 Å². The summed E-state index contributed by atoms with van der Waals surface area (Å²) in [4.78, 5) is 8.73. The smallest absolute Gasteiger partial charge is 0.147 e. The van der Waals surface area contributed by atoms with E-state index in [1.54, 1.807) is 6.20 Å². The molecule has 1 N–H and O–H groups in total. The van der Waals surface area contributed by atoms with Crippen LogP contribution < -0.4 is 5.32 Å². The summed E-state index contributed by atoms with van der Waals surface area (Å²) in [5, 5.41) is 3.44. The highest BCUT2D eigenvalue weighted by molar-refractivity contribution is 5.43. The van der Waals surface area contributed by atoms with E-state index in [0.29, 0.717) is 11.5 Å². The van der Waals surface area contributed by atoms with Gasteiger partial charge < -0.3 is 5.32 Å². The fourth-order valence-corrected chi connectivity index (χ4v) is 1.55. The molecule has 14 heavy (non-hydrogen) atoms. The lowest BCUT2D eigenvalue weighted by Crippen LogP contribution is -2.11. The Kier molecular flexibility index (Phi) is 1.98. The molecule has 0 aliphatic heterocycles. The van der Waals surface area contributed by atoms with Gasteiger partial charge in [0.2, 0.25) is 0 Å². The Labute approximate surface area is 85.0 Å². The van der Waals surface area contributed by atoms with E-state index < -0.39 is 0 Å². The topological polar surface area (TPSA) is 37.8 Å². The first kappa shape index (κ1) is 9.44. The third-order valence-electron chi connectivity index (χ3n) is 2.90. The SMILES string of the molecule is Cc1cnc(C)c(NC2CC2(C)C)n1. The van der Waals surface area contributed by atoms with Crippen molar-refractivity contribution in [3.63, 3.8) is 0 Å². The second-order valence-electron chi connectivity index (χ2n) is 4.84. The van der Waals surface area contributed by atoms with E-state index in [4.69, 9.17) is 0 Å². The van der Waals surface area contributed by atoms with Crippen LogP contribution in [-0.2, 0) is 0 Å². The third-order valence-corrected chi connectivity index (χ3v) is 2.90. The molecule has 1 aromatic heterocycles. The van der Waals surface area contributed by atoms with Gasteiger partial charge in [-0.2, -0.15) is 0 Å². The molecular formula is C11H17N3. The van der Waals surface area contributed by atoms with Crippen LogP contribution in [0.1, 0.15) is 31.7 Å². The number of aromatic nitrogens is 2. The molecule has 1 aromatic rings. The summed E-state index contributed by atoms with van der Waals surface area (Å²) in [6.07, 6.45) is 3.03. The minimum Gasteiger partial charge on any atom is -0.365 e. The predicted octanol–water partition coefficient (Wildman–Crippen LogP) is 2.30. The Hall–Kier alpha value is -1.12. The maximum Gasteiger partial charge on any atom is 0.147 e. The Balaban J connectivity index is 2.13. The van der Waals surface area contributed by atoms with Gasteiger partial charge in [-0.25, -0.2) is 4.98 Å². The summed E-state index contributed by atoms with van der Waals surface area (Å²) in [5.41, 5.74) is 2.38. The molecular weight excluding hydrogens is 174 g/mol. The molecule has 3 heteroatoms. The molecule has 1 saturated carbocycles. The van der Waals surface area contributed by atoms with Crippen LogP contribution >= 0.6 is 0 Å². The fourth-order valence-electron chi connectivity index (χ4n) is 1.55. The van der Waals surface area contributed by atoms with E-state index in [1.807, 2.05) is 13.8 Å². The van der Waals surface area contributed by atoms with E-state index in [9.17, 15) is 0 Å². The summed E-state index contributed by atoms with van der Waals surface area (Å²) in [5.74, 6) is 0.945. The Morgan fingerprint density at radius 2 is 2.07 bits per heavy atom. The van der Waals surface area contributed by atoms with Gasteiger partial charge >= 0.3 is 0 Å². The molecule has 2 rings (SSSR count). The van der Waals surface area contributed by atoms with Crippen LogP contribution in [0, 0.1) is 19.3 Å². The Morgan fingerprint density at radius 3 is 2.64 bits per heavy atom. The van der Waals surface area contributed by atoms with Gasteiger partial charge in [-0.1, -0.05) is 13.8 Å². The van der Waals surface area contributed by atoms with Crippen LogP contribution in [0.5, 0.6) is 0 Å². The van der Waals surface area contributed by atoms with E-state index in [0.717, 1.165) is 17.2 Å². The lowest BCUT2D eigenvalue weighted by molar-refractivity contribution is 0.629. The first-order valence-electron chi connectivity index (χ1n) is 5.06. The lowest BCUT2D eigenvalue weighted by atomic mass is 10.2. The average molecular weight is 191 g/mol. The molecule has 1 aliphatic carbocycles. The second-order valence-corrected chi connectivity index (χ2v) is 4.84. The van der Waals surface area contributed by atoms with E-state index in [2.05, 4.69) is 29.1 Å². The molecule has 3 nitrogen and oxygen atoms in total. The zero-order valence-electron chi connectivity index (χ0n) is 9.26. The van der Waals surface area contributed by atoms with Crippen molar-refractivity contribution in [3.8, 4) is 0 Å². The maximum atomic E-state index is 4.44. The Morgan fingerprint density at radius 1 is 1.43 bits per heavy atom. The van der Waals surface area contributed by atoms with Crippen LogP contribution in [0.2, 0.25) is 0 Å². The maximum absolute atomic E-state index is 4.44. The van der Waals surface area contributed by atoms with Crippen molar-refractivity contribution in [2.75, 3.05) is 5.32 Å². The largest absolute Gasteiger partial charge is 0.365 e. The highest BCUT2D eigenvalue weighted by Gasteiger charge is 2.46. The lowest BCUT2D eigenvalue weighted by Gasteiger charge is -2.09. The molecule has 76 valence electrons. The van der Waals surface area contributed by atoms with Crippen molar-refractivity contribution >= 4 is 5.82 Å². The predicted molar refractivity (Wildman–Crippen MR) is 57.3 cm³/mol. The monoisotopic (exact) mass is 191 g/mol. The van der Waals surface area contributed by atoms with Crippen LogP contribution in [0.4, 0.5) is 5.82 Å². The van der Waals surface area contributed by atoms with Gasteiger partial charge in [0, 0.05) is 12.2 Å². The normalized spacial score (nSPS) is 23.3. The molecule has 0 saturated heterocycles. The number of hydrogen-bond acceptors (Lipinski definition) is 3. The number of nitrogens with one attached hydrogen (secondary N) is 1. The molecule has 0 amide bonds. The molecule has 1 unspecified atom stereocenters. The first-order valence-corrected chi connectivity index (χ1v) is 5.06. The highest BCUT2D eigenvalue weighted by atomic mass is 15.1. The summed E-state index contributed by atoms with van der Waals surface area (Å²) in [6.45, 7) is 8.49. The standard InChI is InChI=1S/C11H17N3/c1-7-6-12-8(2)10(13-7)14-9-5-11(9,3)4/h6,9H,5H2,1-4H3,(H,13,14). The average Bonchev–Trinajstić information content (AvgIpc) is 2.67. The quantitative estimate of drug-likeness (QED) is 0.779. The minimum atomic E-state index is 0.428. The highest BCUT2D eigenvalue weighted by Crippen LogP contribution is 2.46. The number of nitrogens with zero attached hydrogens (tertiary/aromatic N) is 2. The first-order chi connectivity index (χ1) is 6.49. The zero-order chi connectivity index (χ0) is 10.3. The molecule has 1 fully saturated rings. The van der Waals surface area contributed by atoms with Crippen LogP contribution in [0.3, 0.4) is 0 Å². The van der Waals surface area contributed by atoms with Gasteiger partial charge in [0.05, 0.1) is 11.4 Å². The van der Waals surface area contributed by atoms with Crippen molar-refractivity contribution in [1.29, 1.82) is 0 Å². The van der Waals surface area contributed by atoms with E-state index in [-0.39, 0.29) is 0 Å². The molecule has 1 heterocycles. The van der Waals surface area contributed by atoms with Crippen molar-refractivity contribution < 1.29 is 0 Å². The van der Waals surface area contributed by atoms with Gasteiger partial charge in [0.25, 0.3) is 0 Å². The van der Waals surface area contributed by atoms with Gasteiger partial charge in [-0.3, -0.25) is 4.98 Å². The zero-order valence-corrected chi connectivity index (χ0v) is 9.26. The van der Waals surface area contributed by atoms with Crippen LogP contribution in [0.25, 0.3) is 0 Å². The van der Waals surface area contributed by atoms with Crippen molar-refractivity contribution in [2.45, 2.75) is 40.2 Å². The summed E-state index contributed by atoms with van der Waals surface area (Å²) >= 11 is 0. The molecule has 0 spiro atoms. The number of anilines is 1. The number of hydrogen-bond donors (Lipinski definition) is 1. The van der Waals surface area contributed by atoms with Gasteiger partial charge in [0.15, 0.2) is 0 Å². The van der Waals surface area contributed by atoms with Gasteiger partial charge in [-0.05, 0) is 25.7 Å². The third kappa shape index (κ3) is 1.72. The molecule has 0 aromatic carbocycles. The van der Waals surface area contributed by atoms with Gasteiger partial charge in [0.1, 0.15) is 5.82 Å². The second kappa shape index (κ2) is 2.94. The molecule has 0 radical (unpaired) electrons. The molecule has 0 bridgehead atoms. The van der Waals surface area contributed by atoms with Gasteiger partial charge in [-0.15, -0.1) is 0 Å². The van der Waals surface area contributed by atoms with E-state index >= 15 is 0 Å². The summed E-state index contributed by atoms with van der Waals surface area (Å²) in [6, 6.07) is 0.567. The van der Waals surface area contributed by atoms with Crippen molar-refractivity contribution in [3.05, 3.63) is 17.6 Å². The minimum absolute atomic E-state index is 0.428. The molecule has 1 aliphatic rings. The fraction of sp³-hybridized carbons (Fsp3) is 0.636. The molecule has 1 atom stereocenters. The number of rotatable bonds is 2.